The predicted octanol–water partition coefficient (Wildman–Crippen LogP) is 1.39. The quantitative estimate of drug-likeness (QED) is 0.535. The van der Waals surface area contributed by atoms with Gasteiger partial charge in [0.25, 0.3) is 0 Å². The van der Waals surface area contributed by atoms with E-state index in [0.29, 0.717) is 6.04 Å². The predicted molar refractivity (Wildman–Crippen MR) is 41.2 cm³/mol. The minimum Gasteiger partial charge on any atom is -0.370 e. The molecule has 0 spiro atoms. The van der Waals surface area contributed by atoms with Gasteiger partial charge in [-0.2, -0.15) is 0 Å². The molecular formula is C8H12N2. The largest absolute Gasteiger partial charge is 0.370 e. The third-order valence-electron chi connectivity index (χ3n) is 2.55. The van der Waals surface area contributed by atoms with Crippen LogP contribution in [0.1, 0.15) is 19.3 Å². The second kappa shape index (κ2) is 1.84. The van der Waals surface area contributed by atoms with Crippen molar-refractivity contribution in [3.05, 3.63) is 11.8 Å². The van der Waals surface area contributed by atoms with E-state index < -0.39 is 0 Å². The Morgan fingerprint density at radius 3 is 3.20 bits per heavy atom. The molecule has 1 fully saturated rings. The second-order valence-corrected chi connectivity index (χ2v) is 3.11. The van der Waals surface area contributed by atoms with E-state index in [1.165, 1.54) is 12.1 Å². The van der Waals surface area contributed by atoms with E-state index in [0.717, 1.165) is 18.6 Å². The summed E-state index contributed by atoms with van der Waals surface area (Å²) in [6.07, 6.45) is 5.52. The molecule has 2 rings (SSSR count). The highest BCUT2D eigenvalue weighted by Gasteiger charge is 2.29. The van der Waals surface area contributed by atoms with Crippen LogP contribution in [0.4, 0.5) is 0 Å². The van der Waals surface area contributed by atoms with Crippen molar-refractivity contribution >= 4 is 5.71 Å². The molecule has 0 saturated carbocycles. The Balaban J connectivity index is 2.31. The molecule has 1 N–H and O–H groups in total. The standard InChI is InChI=1S/C8H12N2/c1-10-6-2-4-7(9)8(10)5-3-6/h5-6,9H,2-4H2,1H3/t6-/m1/s1. The number of fused-ring (bicyclic) bond motifs is 2. The highest BCUT2D eigenvalue weighted by molar-refractivity contribution is 5.98. The van der Waals surface area contributed by atoms with Crippen molar-refractivity contribution < 1.29 is 0 Å². The van der Waals surface area contributed by atoms with Gasteiger partial charge in [-0.1, -0.05) is 6.08 Å². The number of nitrogens with one attached hydrogen (secondary N) is 1. The fourth-order valence-corrected chi connectivity index (χ4v) is 1.83. The molecule has 2 heteroatoms. The Hall–Kier alpha value is -0.790. The van der Waals surface area contributed by atoms with Gasteiger partial charge < -0.3 is 10.3 Å². The molecule has 54 valence electrons. The number of piperidine rings is 1. The highest BCUT2D eigenvalue weighted by Crippen LogP contribution is 2.30. The molecule has 0 radical (unpaired) electrons. The van der Waals surface area contributed by atoms with Gasteiger partial charge in [0.15, 0.2) is 0 Å². The van der Waals surface area contributed by atoms with Gasteiger partial charge in [0, 0.05) is 13.1 Å². The fraction of sp³-hybridized carbons (Fsp3) is 0.625. The maximum Gasteiger partial charge on any atom is 0.0544 e. The lowest BCUT2D eigenvalue weighted by atomic mass is 10.0. The van der Waals surface area contributed by atoms with Crippen LogP contribution in [0.3, 0.4) is 0 Å². The smallest absolute Gasteiger partial charge is 0.0544 e. The van der Waals surface area contributed by atoms with Gasteiger partial charge in [0.05, 0.1) is 11.4 Å². The molecule has 2 bridgehead atoms. The molecule has 2 heterocycles. The van der Waals surface area contributed by atoms with Crippen LogP contribution in [0.5, 0.6) is 0 Å². The molecule has 2 aliphatic rings. The average molecular weight is 136 g/mol. The lowest BCUT2D eigenvalue weighted by Gasteiger charge is -2.30. The molecular weight excluding hydrogens is 124 g/mol. The van der Waals surface area contributed by atoms with E-state index in [1.54, 1.807) is 0 Å². The zero-order valence-corrected chi connectivity index (χ0v) is 6.22. The Kier molecular flexibility index (Phi) is 1.10. The summed E-state index contributed by atoms with van der Waals surface area (Å²) in [5, 5.41) is 7.59. The molecule has 2 nitrogen and oxygen atoms in total. The van der Waals surface area contributed by atoms with E-state index >= 15 is 0 Å². The summed E-state index contributed by atoms with van der Waals surface area (Å²) in [4.78, 5) is 2.24. The van der Waals surface area contributed by atoms with Gasteiger partial charge in [-0.25, -0.2) is 0 Å². The first kappa shape index (κ1) is 5.96. The van der Waals surface area contributed by atoms with Crippen molar-refractivity contribution in [2.24, 2.45) is 0 Å². The van der Waals surface area contributed by atoms with Crippen molar-refractivity contribution in [3.8, 4) is 0 Å². The minimum absolute atomic E-state index is 0.712. The molecule has 0 amide bonds. The lowest BCUT2D eigenvalue weighted by Crippen LogP contribution is -2.33. The molecule has 0 aromatic heterocycles. The van der Waals surface area contributed by atoms with Crippen LogP contribution in [0.2, 0.25) is 0 Å². The first-order valence-corrected chi connectivity index (χ1v) is 3.80. The summed E-state index contributed by atoms with van der Waals surface area (Å²) in [5.74, 6) is 0. The van der Waals surface area contributed by atoms with Crippen LogP contribution in [-0.4, -0.2) is 23.7 Å². The van der Waals surface area contributed by atoms with E-state index in [9.17, 15) is 0 Å². The third kappa shape index (κ3) is 0.618. The van der Waals surface area contributed by atoms with Gasteiger partial charge in [0.2, 0.25) is 0 Å². The first-order valence-electron chi connectivity index (χ1n) is 3.80. The van der Waals surface area contributed by atoms with Crippen molar-refractivity contribution in [1.29, 1.82) is 5.41 Å². The monoisotopic (exact) mass is 136 g/mol. The maximum atomic E-state index is 7.59. The van der Waals surface area contributed by atoms with Crippen LogP contribution in [0.25, 0.3) is 0 Å². The van der Waals surface area contributed by atoms with Crippen LogP contribution >= 0.6 is 0 Å². The lowest BCUT2D eigenvalue weighted by molar-refractivity contribution is 0.316. The van der Waals surface area contributed by atoms with Crippen molar-refractivity contribution in [3.63, 3.8) is 0 Å². The van der Waals surface area contributed by atoms with Gasteiger partial charge in [-0.3, -0.25) is 0 Å². The number of allylic oxidation sites excluding steroid dienone is 1. The van der Waals surface area contributed by atoms with Gasteiger partial charge in [-0.05, 0) is 19.3 Å². The number of hydrogen-bond donors (Lipinski definition) is 1. The first-order chi connectivity index (χ1) is 4.79. The Labute approximate surface area is 61.0 Å². The SMILES string of the molecule is CN1C2=CC[C@H]1CCC2=N. The maximum absolute atomic E-state index is 7.59. The summed E-state index contributed by atoms with van der Waals surface area (Å²) in [6.45, 7) is 0. The Morgan fingerprint density at radius 2 is 2.50 bits per heavy atom. The van der Waals surface area contributed by atoms with Gasteiger partial charge in [0.1, 0.15) is 0 Å². The molecule has 10 heavy (non-hydrogen) atoms. The Morgan fingerprint density at radius 1 is 1.70 bits per heavy atom. The van der Waals surface area contributed by atoms with Crippen LogP contribution < -0.4 is 0 Å². The number of rotatable bonds is 0. The third-order valence-corrected chi connectivity index (χ3v) is 2.55. The second-order valence-electron chi connectivity index (χ2n) is 3.11. The topological polar surface area (TPSA) is 27.1 Å². The summed E-state index contributed by atoms with van der Waals surface area (Å²) in [7, 11) is 2.09. The number of nitrogens with zero attached hydrogens (tertiary/aromatic N) is 1. The van der Waals surface area contributed by atoms with Crippen molar-refractivity contribution in [1.82, 2.24) is 4.90 Å². The van der Waals surface area contributed by atoms with E-state index in [-0.39, 0.29) is 0 Å². The number of hydrogen-bond acceptors (Lipinski definition) is 2. The fourth-order valence-electron chi connectivity index (χ4n) is 1.83. The molecule has 1 atom stereocenters. The molecule has 0 aliphatic carbocycles. The van der Waals surface area contributed by atoms with Crippen molar-refractivity contribution in [2.45, 2.75) is 25.3 Å². The summed E-state index contributed by atoms with van der Waals surface area (Å²) in [6, 6.07) is 0.712. The van der Waals surface area contributed by atoms with Crippen LogP contribution in [0, 0.1) is 5.41 Å². The minimum atomic E-state index is 0.712. The summed E-state index contributed by atoms with van der Waals surface area (Å²) in [5.41, 5.74) is 2.01. The average Bonchev–Trinajstić information content (AvgIpc) is 2.13. The summed E-state index contributed by atoms with van der Waals surface area (Å²) < 4.78 is 0. The zero-order valence-electron chi connectivity index (χ0n) is 6.22. The van der Waals surface area contributed by atoms with E-state index in [4.69, 9.17) is 5.41 Å². The molecule has 2 aliphatic heterocycles. The normalized spacial score (nSPS) is 30.9. The molecule has 1 saturated heterocycles. The van der Waals surface area contributed by atoms with Gasteiger partial charge in [-0.15, -0.1) is 0 Å². The van der Waals surface area contributed by atoms with Gasteiger partial charge >= 0.3 is 0 Å². The molecule has 0 unspecified atom stereocenters. The van der Waals surface area contributed by atoms with E-state index in [1.807, 2.05) is 0 Å². The molecule has 0 aromatic rings. The molecule has 0 aromatic carbocycles. The van der Waals surface area contributed by atoms with Crippen molar-refractivity contribution in [2.75, 3.05) is 7.05 Å². The highest BCUT2D eigenvalue weighted by atomic mass is 15.2. The zero-order chi connectivity index (χ0) is 7.14. The Bertz CT molecular complexity index is 205. The van der Waals surface area contributed by atoms with Crippen LogP contribution in [-0.2, 0) is 0 Å². The van der Waals surface area contributed by atoms with E-state index in [2.05, 4.69) is 18.0 Å². The summed E-state index contributed by atoms with van der Waals surface area (Å²) >= 11 is 0. The van der Waals surface area contributed by atoms with Crippen LogP contribution in [0.15, 0.2) is 11.8 Å².